The van der Waals surface area contributed by atoms with Gasteiger partial charge in [-0.2, -0.15) is 0 Å². The monoisotopic (exact) mass is 301 g/mol. The minimum atomic E-state index is -3.83. The summed E-state index contributed by atoms with van der Waals surface area (Å²) in [5, 5.41) is 2.89. The Labute approximate surface area is 117 Å². The van der Waals surface area contributed by atoms with E-state index in [1.165, 1.54) is 6.07 Å². The molecule has 0 aromatic heterocycles. The molecule has 0 unspecified atom stereocenters. The highest BCUT2D eigenvalue weighted by atomic mass is 35.7. The Balaban J connectivity index is 2.36. The molecule has 0 bridgehead atoms. The first kappa shape index (κ1) is 14.3. The predicted octanol–water partition coefficient (Wildman–Crippen LogP) is 2.51. The molecule has 1 N–H and O–H groups in total. The van der Waals surface area contributed by atoms with Crippen molar-refractivity contribution < 1.29 is 13.2 Å². The lowest BCUT2D eigenvalue weighted by atomic mass is 9.92. The van der Waals surface area contributed by atoms with Crippen molar-refractivity contribution >= 4 is 25.6 Å². The van der Waals surface area contributed by atoms with Gasteiger partial charge in [0.15, 0.2) is 0 Å². The molecule has 0 radical (unpaired) electrons. The number of carbonyl (C=O) groups is 1. The van der Waals surface area contributed by atoms with Crippen LogP contribution in [0.1, 0.15) is 40.7 Å². The maximum atomic E-state index is 12.1. The minimum absolute atomic E-state index is 0.00136. The highest BCUT2D eigenvalue weighted by Gasteiger charge is 2.23. The van der Waals surface area contributed by atoms with Crippen LogP contribution in [0.3, 0.4) is 0 Å². The maximum Gasteiger partial charge on any atom is 0.261 e. The zero-order valence-corrected chi connectivity index (χ0v) is 12.4. The van der Waals surface area contributed by atoms with Gasteiger partial charge in [0.05, 0.1) is 4.90 Å². The normalized spacial score (nSPS) is 15.9. The molecule has 6 heteroatoms. The fraction of sp³-hybridized carbons (Fsp3) is 0.462. The molecule has 1 saturated carbocycles. The smallest absolute Gasteiger partial charge is 0.261 e. The van der Waals surface area contributed by atoms with E-state index in [0.29, 0.717) is 11.1 Å². The Morgan fingerprint density at radius 2 is 1.89 bits per heavy atom. The number of hydrogen-bond donors (Lipinski definition) is 1. The molecule has 0 heterocycles. The molecule has 4 nitrogen and oxygen atoms in total. The maximum absolute atomic E-state index is 12.1. The van der Waals surface area contributed by atoms with Crippen molar-refractivity contribution in [1.29, 1.82) is 0 Å². The second-order valence-corrected chi connectivity index (χ2v) is 7.51. The van der Waals surface area contributed by atoms with Gasteiger partial charge in [0.2, 0.25) is 0 Å². The summed E-state index contributed by atoms with van der Waals surface area (Å²) in [5.74, 6) is -0.233. The van der Waals surface area contributed by atoms with Crippen molar-refractivity contribution in [3.63, 3.8) is 0 Å². The van der Waals surface area contributed by atoms with Gasteiger partial charge >= 0.3 is 0 Å². The van der Waals surface area contributed by atoms with Crippen LogP contribution in [0.15, 0.2) is 17.0 Å². The van der Waals surface area contributed by atoms with Gasteiger partial charge in [0.1, 0.15) is 0 Å². The summed E-state index contributed by atoms with van der Waals surface area (Å²) in [6, 6.07) is 3.25. The third kappa shape index (κ3) is 3.09. The molecule has 104 valence electrons. The summed E-state index contributed by atoms with van der Waals surface area (Å²) in [7, 11) is 1.54. The largest absolute Gasteiger partial charge is 0.349 e. The average Bonchev–Trinajstić information content (AvgIpc) is 2.21. The van der Waals surface area contributed by atoms with E-state index in [0.717, 1.165) is 24.8 Å². The molecule has 1 fully saturated rings. The Bertz CT molecular complexity index is 621. The van der Waals surface area contributed by atoms with Gasteiger partial charge in [-0.25, -0.2) is 8.42 Å². The molecule has 0 aliphatic heterocycles. The summed E-state index contributed by atoms with van der Waals surface area (Å²) >= 11 is 0. The molecule has 0 atom stereocenters. The second kappa shape index (κ2) is 5.13. The molecular weight excluding hydrogens is 286 g/mol. The topological polar surface area (TPSA) is 63.2 Å². The fourth-order valence-electron chi connectivity index (χ4n) is 2.16. The second-order valence-electron chi connectivity index (χ2n) is 4.97. The highest BCUT2D eigenvalue weighted by molar-refractivity contribution is 8.13. The van der Waals surface area contributed by atoms with Crippen molar-refractivity contribution in [2.45, 2.75) is 44.0 Å². The van der Waals surface area contributed by atoms with Gasteiger partial charge in [-0.15, -0.1) is 0 Å². The van der Waals surface area contributed by atoms with Gasteiger partial charge in [-0.05, 0) is 50.3 Å². The average molecular weight is 302 g/mol. The number of halogens is 1. The van der Waals surface area contributed by atoms with Crippen LogP contribution in [0.2, 0.25) is 0 Å². The lowest BCUT2D eigenvalue weighted by Gasteiger charge is -2.26. The van der Waals surface area contributed by atoms with E-state index in [1.807, 2.05) is 0 Å². The van der Waals surface area contributed by atoms with Crippen LogP contribution in [0.4, 0.5) is 0 Å². The Morgan fingerprint density at radius 3 is 2.37 bits per heavy atom. The number of rotatable bonds is 3. The molecule has 1 aliphatic carbocycles. The molecule has 1 amide bonds. The van der Waals surface area contributed by atoms with Crippen molar-refractivity contribution in [1.82, 2.24) is 5.32 Å². The molecule has 1 aromatic rings. The lowest BCUT2D eigenvalue weighted by Crippen LogP contribution is -2.39. The first-order valence-corrected chi connectivity index (χ1v) is 8.47. The number of carbonyl (C=O) groups excluding carboxylic acids is 1. The van der Waals surface area contributed by atoms with Crippen LogP contribution in [0.5, 0.6) is 0 Å². The first-order chi connectivity index (χ1) is 8.79. The predicted molar refractivity (Wildman–Crippen MR) is 74.1 cm³/mol. The summed E-state index contributed by atoms with van der Waals surface area (Å²) in [6.45, 7) is 3.45. The summed E-state index contributed by atoms with van der Waals surface area (Å²) in [4.78, 5) is 12.1. The van der Waals surface area contributed by atoms with E-state index < -0.39 is 9.05 Å². The van der Waals surface area contributed by atoms with Gasteiger partial charge in [0.25, 0.3) is 15.0 Å². The summed E-state index contributed by atoms with van der Waals surface area (Å²) in [6.07, 6.45) is 3.09. The van der Waals surface area contributed by atoms with E-state index in [1.54, 1.807) is 19.9 Å². The quantitative estimate of drug-likeness (QED) is 0.873. The highest BCUT2D eigenvalue weighted by Crippen LogP contribution is 2.24. The van der Waals surface area contributed by atoms with Crippen LogP contribution in [-0.2, 0) is 9.05 Å². The number of aryl methyl sites for hydroxylation is 2. The third-order valence-electron chi connectivity index (χ3n) is 3.47. The summed E-state index contributed by atoms with van der Waals surface area (Å²) in [5.41, 5.74) is 1.67. The number of hydrogen-bond acceptors (Lipinski definition) is 3. The Kier molecular flexibility index (Phi) is 3.87. The SMILES string of the molecule is Cc1cc(C)c(S(=O)(=O)Cl)cc1C(=O)NC1CCC1. The minimum Gasteiger partial charge on any atom is -0.349 e. The molecule has 2 rings (SSSR count). The fourth-order valence-corrected chi connectivity index (χ4v) is 3.36. The van der Waals surface area contributed by atoms with Crippen molar-refractivity contribution in [2.24, 2.45) is 0 Å². The van der Waals surface area contributed by atoms with Crippen molar-refractivity contribution in [3.05, 3.63) is 28.8 Å². The number of nitrogens with one attached hydrogen (secondary N) is 1. The number of amides is 1. The Hall–Kier alpha value is -1.07. The van der Waals surface area contributed by atoms with Gasteiger partial charge in [0, 0.05) is 22.3 Å². The van der Waals surface area contributed by atoms with Gasteiger partial charge in [-0.1, -0.05) is 6.07 Å². The van der Waals surface area contributed by atoms with Crippen molar-refractivity contribution in [3.8, 4) is 0 Å². The molecule has 19 heavy (non-hydrogen) atoms. The lowest BCUT2D eigenvalue weighted by molar-refractivity contribution is 0.0916. The third-order valence-corrected chi connectivity index (χ3v) is 4.93. The molecule has 1 aliphatic rings. The van der Waals surface area contributed by atoms with E-state index >= 15 is 0 Å². The van der Waals surface area contributed by atoms with E-state index in [2.05, 4.69) is 5.32 Å². The summed E-state index contributed by atoms with van der Waals surface area (Å²) < 4.78 is 22.9. The van der Waals surface area contributed by atoms with Crippen LogP contribution in [-0.4, -0.2) is 20.4 Å². The molecule has 1 aromatic carbocycles. The standard InChI is InChI=1S/C13H16ClNO3S/c1-8-6-9(2)12(19(14,17)18)7-11(8)13(16)15-10-4-3-5-10/h6-7,10H,3-5H2,1-2H3,(H,15,16). The molecule has 0 saturated heterocycles. The van der Waals surface area contributed by atoms with Crippen LogP contribution in [0, 0.1) is 13.8 Å². The van der Waals surface area contributed by atoms with Crippen LogP contribution < -0.4 is 5.32 Å². The van der Waals surface area contributed by atoms with Crippen molar-refractivity contribution in [2.75, 3.05) is 0 Å². The van der Waals surface area contributed by atoms with E-state index in [4.69, 9.17) is 10.7 Å². The molecular formula is C13H16ClNO3S. The van der Waals surface area contributed by atoms with Crippen LogP contribution >= 0.6 is 10.7 Å². The van der Waals surface area contributed by atoms with Crippen LogP contribution in [0.25, 0.3) is 0 Å². The first-order valence-electron chi connectivity index (χ1n) is 6.16. The van der Waals surface area contributed by atoms with Gasteiger partial charge < -0.3 is 5.32 Å². The molecule has 0 spiro atoms. The Morgan fingerprint density at radius 1 is 1.26 bits per heavy atom. The van der Waals surface area contributed by atoms with E-state index in [-0.39, 0.29) is 16.8 Å². The number of benzene rings is 1. The zero-order valence-electron chi connectivity index (χ0n) is 10.9. The zero-order chi connectivity index (χ0) is 14.2. The van der Waals surface area contributed by atoms with E-state index in [9.17, 15) is 13.2 Å². The van der Waals surface area contributed by atoms with Gasteiger partial charge in [-0.3, -0.25) is 4.79 Å².